The van der Waals surface area contributed by atoms with Gasteiger partial charge in [-0.1, -0.05) is 0 Å². The SMILES string of the molecule is CN(Cc1csc(Br)c1)S(=O)(=O)CCCC(F)(F)F. The highest BCUT2D eigenvalue weighted by Crippen LogP contribution is 2.24. The molecule has 0 unspecified atom stereocenters. The van der Waals surface area contributed by atoms with Crippen LogP contribution in [-0.4, -0.2) is 31.7 Å². The van der Waals surface area contributed by atoms with Gasteiger partial charge in [0, 0.05) is 20.0 Å². The van der Waals surface area contributed by atoms with Crippen molar-refractivity contribution < 1.29 is 21.6 Å². The molecule has 0 atom stereocenters. The number of hydrogen-bond donors (Lipinski definition) is 0. The summed E-state index contributed by atoms with van der Waals surface area (Å²) in [6.45, 7) is 0.163. The summed E-state index contributed by atoms with van der Waals surface area (Å²) in [5, 5.41) is 1.80. The standard InChI is InChI=1S/C10H13BrF3NO2S2/c1-15(6-8-5-9(11)18-7-8)19(16,17)4-2-3-10(12,13)14/h5,7H,2-4,6H2,1H3. The van der Waals surface area contributed by atoms with E-state index in [-0.39, 0.29) is 6.54 Å². The third-order valence-electron chi connectivity index (χ3n) is 2.36. The zero-order valence-corrected chi connectivity index (χ0v) is 13.3. The second-order valence-electron chi connectivity index (χ2n) is 4.05. The van der Waals surface area contributed by atoms with E-state index in [0.29, 0.717) is 0 Å². The molecule has 0 aliphatic heterocycles. The van der Waals surface area contributed by atoms with E-state index >= 15 is 0 Å². The van der Waals surface area contributed by atoms with Crippen molar-refractivity contribution in [2.75, 3.05) is 12.8 Å². The van der Waals surface area contributed by atoms with Gasteiger partial charge in [-0.2, -0.15) is 13.2 Å². The molecule has 1 aromatic rings. The van der Waals surface area contributed by atoms with Crippen LogP contribution in [0.25, 0.3) is 0 Å². The minimum atomic E-state index is -4.31. The van der Waals surface area contributed by atoms with Crippen molar-refractivity contribution in [2.45, 2.75) is 25.6 Å². The van der Waals surface area contributed by atoms with Crippen molar-refractivity contribution in [3.05, 3.63) is 20.8 Å². The molecule has 19 heavy (non-hydrogen) atoms. The first-order chi connectivity index (χ1) is 8.60. The summed E-state index contributed by atoms with van der Waals surface area (Å²) in [4.78, 5) is 0. The highest BCUT2D eigenvalue weighted by Gasteiger charge is 2.28. The van der Waals surface area contributed by atoms with Crippen LogP contribution in [0.2, 0.25) is 0 Å². The Hall–Kier alpha value is -0.120. The van der Waals surface area contributed by atoms with Crippen molar-refractivity contribution in [3.8, 4) is 0 Å². The molecule has 0 saturated carbocycles. The molecule has 0 fully saturated rings. The summed E-state index contributed by atoms with van der Waals surface area (Å²) in [5.74, 6) is -0.492. The van der Waals surface area contributed by atoms with Crippen molar-refractivity contribution >= 4 is 37.3 Å². The molecule has 0 aromatic carbocycles. The van der Waals surface area contributed by atoms with Crippen LogP contribution in [0.15, 0.2) is 15.2 Å². The number of halogens is 4. The Labute approximate surface area is 122 Å². The summed E-state index contributed by atoms with van der Waals surface area (Å²) >= 11 is 4.69. The fraction of sp³-hybridized carbons (Fsp3) is 0.600. The molecule has 1 rings (SSSR count). The predicted octanol–water partition coefficient (Wildman–Crippen LogP) is 3.61. The quantitative estimate of drug-likeness (QED) is 0.756. The first-order valence-electron chi connectivity index (χ1n) is 5.34. The van der Waals surface area contributed by atoms with Crippen LogP contribution in [0.1, 0.15) is 18.4 Å². The topological polar surface area (TPSA) is 37.4 Å². The van der Waals surface area contributed by atoms with E-state index in [4.69, 9.17) is 0 Å². The molecule has 0 radical (unpaired) electrons. The highest BCUT2D eigenvalue weighted by atomic mass is 79.9. The van der Waals surface area contributed by atoms with Gasteiger partial charge in [0.1, 0.15) is 0 Å². The van der Waals surface area contributed by atoms with E-state index in [1.54, 1.807) is 11.4 Å². The van der Waals surface area contributed by atoms with E-state index in [9.17, 15) is 21.6 Å². The van der Waals surface area contributed by atoms with E-state index in [1.807, 2.05) is 0 Å². The molecule has 1 heterocycles. The zero-order valence-electron chi connectivity index (χ0n) is 10.1. The molecule has 0 saturated heterocycles. The maximum atomic E-state index is 12.0. The number of thiophene rings is 1. The molecule has 0 N–H and O–H groups in total. The third kappa shape index (κ3) is 6.24. The molecule has 110 valence electrons. The second-order valence-corrected chi connectivity index (χ2v) is 8.54. The molecular weight excluding hydrogens is 367 g/mol. The molecule has 0 amide bonds. The number of hydrogen-bond acceptors (Lipinski definition) is 3. The van der Waals surface area contributed by atoms with Gasteiger partial charge in [0.05, 0.1) is 9.54 Å². The van der Waals surface area contributed by atoms with Gasteiger partial charge in [0.2, 0.25) is 10.0 Å². The Morgan fingerprint density at radius 2 is 2.05 bits per heavy atom. The Bertz CT molecular complexity index is 513. The molecule has 3 nitrogen and oxygen atoms in total. The van der Waals surface area contributed by atoms with Gasteiger partial charge in [-0.15, -0.1) is 11.3 Å². The lowest BCUT2D eigenvalue weighted by atomic mass is 10.3. The lowest BCUT2D eigenvalue weighted by molar-refractivity contribution is -0.134. The molecule has 0 bridgehead atoms. The van der Waals surface area contributed by atoms with Gasteiger partial charge in [-0.25, -0.2) is 12.7 Å². The molecule has 1 aromatic heterocycles. The van der Waals surface area contributed by atoms with Gasteiger partial charge >= 0.3 is 6.18 Å². The van der Waals surface area contributed by atoms with Crippen LogP contribution in [0.3, 0.4) is 0 Å². The largest absolute Gasteiger partial charge is 0.389 e. The van der Waals surface area contributed by atoms with E-state index < -0.39 is 34.8 Å². The van der Waals surface area contributed by atoms with Crippen LogP contribution < -0.4 is 0 Å². The summed E-state index contributed by atoms with van der Waals surface area (Å²) in [6, 6.07) is 1.78. The lowest BCUT2D eigenvalue weighted by Gasteiger charge is -2.16. The number of rotatable bonds is 6. The average molecular weight is 380 g/mol. The Morgan fingerprint density at radius 3 is 2.53 bits per heavy atom. The first kappa shape index (κ1) is 16.9. The third-order valence-corrected chi connectivity index (χ3v) is 5.80. The van der Waals surface area contributed by atoms with Crippen molar-refractivity contribution in [1.82, 2.24) is 4.31 Å². The van der Waals surface area contributed by atoms with Gasteiger partial charge in [0.15, 0.2) is 0 Å². The monoisotopic (exact) mass is 379 g/mol. The molecule has 0 aliphatic carbocycles. The van der Waals surface area contributed by atoms with Crippen LogP contribution in [0.5, 0.6) is 0 Å². The minimum absolute atomic E-state index is 0.163. The highest BCUT2D eigenvalue weighted by molar-refractivity contribution is 9.11. The average Bonchev–Trinajstić information content (AvgIpc) is 2.61. The van der Waals surface area contributed by atoms with Crippen LogP contribution in [-0.2, 0) is 16.6 Å². The molecule has 9 heteroatoms. The number of alkyl halides is 3. The predicted molar refractivity (Wildman–Crippen MR) is 72.6 cm³/mol. The van der Waals surface area contributed by atoms with E-state index in [0.717, 1.165) is 13.7 Å². The fourth-order valence-electron chi connectivity index (χ4n) is 1.40. The van der Waals surface area contributed by atoms with Crippen molar-refractivity contribution in [2.24, 2.45) is 0 Å². The molecule has 0 spiro atoms. The summed E-state index contributed by atoms with van der Waals surface area (Å²) in [6.07, 6.45) is -5.81. The Kier molecular flexibility index (Phi) is 5.84. The van der Waals surface area contributed by atoms with Gasteiger partial charge < -0.3 is 0 Å². The lowest BCUT2D eigenvalue weighted by Crippen LogP contribution is -2.29. The van der Waals surface area contributed by atoms with E-state index in [1.165, 1.54) is 18.4 Å². The smallest absolute Gasteiger partial charge is 0.212 e. The van der Waals surface area contributed by atoms with Crippen molar-refractivity contribution in [1.29, 1.82) is 0 Å². The second kappa shape index (κ2) is 6.55. The Morgan fingerprint density at radius 1 is 1.42 bits per heavy atom. The summed E-state index contributed by atoms with van der Waals surface area (Å²) in [7, 11) is -2.28. The molecule has 0 aliphatic rings. The number of nitrogens with zero attached hydrogens (tertiary/aromatic N) is 1. The summed E-state index contributed by atoms with van der Waals surface area (Å²) in [5.41, 5.74) is 0.804. The van der Waals surface area contributed by atoms with Crippen LogP contribution in [0.4, 0.5) is 13.2 Å². The minimum Gasteiger partial charge on any atom is -0.212 e. The maximum Gasteiger partial charge on any atom is 0.389 e. The van der Waals surface area contributed by atoms with Crippen LogP contribution >= 0.6 is 27.3 Å². The Balaban J connectivity index is 2.52. The van der Waals surface area contributed by atoms with E-state index in [2.05, 4.69) is 15.9 Å². The fourth-order valence-corrected chi connectivity index (χ4v) is 3.76. The van der Waals surface area contributed by atoms with Crippen molar-refractivity contribution in [3.63, 3.8) is 0 Å². The normalized spacial score (nSPS) is 13.2. The van der Waals surface area contributed by atoms with Gasteiger partial charge in [-0.05, 0) is 39.4 Å². The van der Waals surface area contributed by atoms with Gasteiger partial charge in [0.25, 0.3) is 0 Å². The molecular formula is C10H13BrF3NO2S2. The van der Waals surface area contributed by atoms with Crippen LogP contribution in [0, 0.1) is 0 Å². The number of sulfonamides is 1. The summed E-state index contributed by atoms with van der Waals surface area (Å²) < 4.78 is 61.4. The first-order valence-corrected chi connectivity index (χ1v) is 8.62. The maximum absolute atomic E-state index is 12.0. The van der Waals surface area contributed by atoms with Gasteiger partial charge in [-0.3, -0.25) is 0 Å². The zero-order chi connectivity index (χ0) is 14.7.